The van der Waals surface area contributed by atoms with Gasteiger partial charge in [0, 0.05) is 38.0 Å². The molecular weight excluding hydrogens is 468 g/mol. The highest BCUT2D eigenvalue weighted by Gasteiger charge is 2.52. The molecule has 3 aliphatic heterocycles. The first-order chi connectivity index (χ1) is 15.6. The normalized spacial score (nSPS) is 29.8. The molecule has 4 fully saturated rings. The van der Waals surface area contributed by atoms with E-state index in [-0.39, 0.29) is 29.5 Å². The zero-order valence-corrected chi connectivity index (χ0v) is 20.7. The van der Waals surface area contributed by atoms with E-state index in [0.717, 1.165) is 25.7 Å². The summed E-state index contributed by atoms with van der Waals surface area (Å²) in [5, 5.41) is -0.175. The number of hydrogen-bond donors (Lipinski definition) is 0. The minimum absolute atomic E-state index is 0.0113. The van der Waals surface area contributed by atoms with Gasteiger partial charge >= 0.3 is 0 Å². The van der Waals surface area contributed by atoms with Crippen molar-refractivity contribution >= 4 is 20.0 Å². The number of sulfonamides is 2. The molecule has 1 aromatic heterocycles. The average molecular weight is 501 g/mol. The molecule has 2 bridgehead atoms. The minimum Gasteiger partial charge on any atom is -0.474 e. The highest BCUT2D eigenvalue weighted by Crippen LogP contribution is 2.43. The summed E-state index contributed by atoms with van der Waals surface area (Å²) in [6, 6.07) is 0.0227. The predicted molar refractivity (Wildman–Crippen MR) is 121 cm³/mol. The standard InChI is InChI=1S/C21H32N4O6S2/c1-14-20(30-17-7-9-24(10-8-17)32(2,26)27)22-13-23-21(14)31-18-11-15-3-4-16(12-18)25(15)33(28,29)19-5-6-19/h13,15-19H,3-12H2,1-2H3/t15-,16+,18-. The predicted octanol–water partition coefficient (Wildman–Crippen LogP) is 1.45. The molecule has 184 valence electrons. The van der Waals surface area contributed by atoms with E-state index < -0.39 is 20.0 Å². The van der Waals surface area contributed by atoms with Crippen LogP contribution in [0, 0.1) is 6.92 Å². The second-order valence-electron chi connectivity index (χ2n) is 9.76. The van der Waals surface area contributed by atoms with E-state index in [1.807, 2.05) is 6.92 Å². The molecule has 0 radical (unpaired) electrons. The summed E-state index contributed by atoms with van der Waals surface area (Å²) >= 11 is 0. The number of piperidine rings is 2. The zero-order chi connectivity index (χ0) is 23.4. The summed E-state index contributed by atoms with van der Waals surface area (Å²) in [7, 11) is -6.36. The molecule has 0 aromatic carbocycles. The van der Waals surface area contributed by atoms with E-state index in [1.165, 1.54) is 16.9 Å². The summed E-state index contributed by atoms with van der Waals surface area (Å²) in [6.07, 6.45) is 8.34. The third kappa shape index (κ3) is 4.71. The Bertz CT molecular complexity index is 1090. The molecule has 3 atom stereocenters. The summed E-state index contributed by atoms with van der Waals surface area (Å²) in [4.78, 5) is 8.59. The van der Waals surface area contributed by atoms with E-state index in [0.29, 0.717) is 56.1 Å². The lowest BCUT2D eigenvalue weighted by Gasteiger charge is -2.38. The molecular formula is C21H32N4O6S2. The first-order valence-electron chi connectivity index (χ1n) is 11.8. The van der Waals surface area contributed by atoms with Gasteiger partial charge in [0.1, 0.15) is 18.5 Å². The van der Waals surface area contributed by atoms with Crippen molar-refractivity contribution in [1.82, 2.24) is 18.6 Å². The molecule has 0 amide bonds. The van der Waals surface area contributed by atoms with Crippen molar-refractivity contribution in [3.63, 3.8) is 0 Å². The van der Waals surface area contributed by atoms with Crippen molar-refractivity contribution in [2.75, 3.05) is 19.3 Å². The first-order valence-corrected chi connectivity index (χ1v) is 15.1. The van der Waals surface area contributed by atoms with Gasteiger partial charge in [-0.3, -0.25) is 0 Å². The molecule has 0 N–H and O–H groups in total. The van der Waals surface area contributed by atoms with Gasteiger partial charge in [0.15, 0.2) is 0 Å². The van der Waals surface area contributed by atoms with Crippen molar-refractivity contribution in [1.29, 1.82) is 0 Å². The number of nitrogens with zero attached hydrogens (tertiary/aromatic N) is 4. The van der Waals surface area contributed by atoms with Gasteiger partial charge in [-0.2, -0.15) is 4.31 Å². The molecule has 0 unspecified atom stereocenters. The number of aromatic nitrogens is 2. The summed E-state index contributed by atoms with van der Waals surface area (Å²) in [6.45, 7) is 2.72. The highest BCUT2D eigenvalue weighted by molar-refractivity contribution is 7.90. The van der Waals surface area contributed by atoms with E-state index >= 15 is 0 Å². The molecule has 1 saturated carbocycles. The maximum absolute atomic E-state index is 12.8. The van der Waals surface area contributed by atoms with Crippen molar-refractivity contribution in [2.24, 2.45) is 0 Å². The summed E-state index contributed by atoms with van der Waals surface area (Å²) in [5.41, 5.74) is 0.712. The Labute approximate surface area is 195 Å². The second kappa shape index (κ2) is 8.62. The van der Waals surface area contributed by atoms with Crippen molar-refractivity contribution < 1.29 is 26.3 Å². The van der Waals surface area contributed by atoms with Gasteiger partial charge < -0.3 is 9.47 Å². The van der Waals surface area contributed by atoms with Crippen LogP contribution in [0.1, 0.15) is 56.9 Å². The van der Waals surface area contributed by atoms with E-state index in [1.54, 1.807) is 4.31 Å². The van der Waals surface area contributed by atoms with Crippen LogP contribution >= 0.6 is 0 Å². The van der Waals surface area contributed by atoms with Crippen LogP contribution in [0.3, 0.4) is 0 Å². The Hall–Kier alpha value is -1.50. The molecule has 5 rings (SSSR count). The van der Waals surface area contributed by atoms with Crippen LogP contribution in [-0.2, 0) is 20.0 Å². The third-order valence-corrected chi connectivity index (χ3v) is 11.1. The van der Waals surface area contributed by atoms with Gasteiger partial charge in [0.25, 0.3) is 0 Å². The van der Waals surface area contributed by atoms with Gasteiger partial charge in [-0.1, -0.05) is 0 Å². The molecule has 33 heavy (non-hydrogen) atoms. The van der Waals surface area contributed by atoms with E-state index in [4.69, 9.17) is 9.47 Å². The molecule has 0 spiro atoms. The van der Waals surface area contributed by atoms with Crippen LogP contribution in [0.2, 0.25) is 0 Å². The number of rotatable bonds is 7. The minimum atomic E-state index is -3.18. The van der Waals surface area contributed by atoms with Crippen LogP contribution in [0.4, 0.5) is 0 Å². The van der Waals surface area contributed by atoms with E-state index in [9.17, 15) is 16.8 Å². The van der Waals surface area contributed by atoms with Gasteiger partial charge in [-0.15, -0.1) is 0 Å². The summed E-state index contributed by atoms with van der Waals surface area (Å²) in [5.74, 6) is 0.922. The fourth-order valence-corrected chi connectivity index (χ4v) is 8.55. The van der Waals surface area contributed by atoms with Crippen LogP contribution < -0.4 is 9.47 Å². The lowest BCUT2D eigenvalue weighted by molar-refractivity contribution is 0.0891. The molecule has 1 aliphatic carbocycles. The lowest BCUT2D eigenvalue weighted by atomic mass is 10.0. The maximum atomic E-state index is 12.8. The average Bonchev–Trinajstić information content (AvgIpc) is 3.57. The molecule has 1 aromatic rings. The Morgan fingerprint density at radius 1 is 0.848 bits per heavy atom. The Morgan fingerprint density at radius 2 is 1.39 bits per heavy atom. The van der Waals surface area contributed by atoms with E-state index in [2.05, 4.69) is 9.97 Å². The topological polar surface area (TPSA) is 119 Å². The van der Waals surface area contributed by atoms with Gasteiger partial charge in [-0.05, 0) is 45.4 Å². The van der Waals surface area contributed by atoms with Crippen LogP contribution in [0.25, 0.3) is 0 Å². The zero-order valence-electron chi connectivity index (χ0n) is 19.1. The van der Waals surface area contributed by atoms with Crippen molar-refractivity contribution in [3.8, 4) is 11.8 Å². The Morgan fingerprint density at radius 3 is 1.91 bits per heavy atom. The lowest BCUT2D eigenvalue weighted by Crippen LogP contribution is -2.50. The molecule has 10 nitrogen and oxygen atoms in total. The van der Waals surface area contributed by atoms with Gasteiger partial charge in [-0.25, -0.2) is 31.1 Å². The highest BCUT2D eigenvalue weighted by atomic mass is 32.2. The number of fused-ring (bicyclic) bond motifs is 2. The summed E-state index contributed by atoms with van der Waals surface area (Å²) < 4.78 is 64.7. The largest absolute Gasteiger partial charge is 0.474 e. The van der Waals surface area contributed by atoms with Crippen molar-refractivity contribution in [3.05, 3.63) is 11.9 Å². The third-order valence-electron chi connectivity index (χ3n) is 7.28. The fourth-order valence-electron chi connectivity index (χ4n) is 5.39. The SMILES string of the molecule is Cc1c(OC2CCN(S(C)(=O)=O)CC2)ncnc1O[C@@H]1C[C@H]2CC[C@@H](C1)N2S(=O)(=O)C1CC1. The molecule has 12 heteroatoms. The number of ether oxygens (including phenoxy) is 2. The molecule has 3 saturated heterocycles. The molecule has 4 heterocycles. The van der Waals surface area contributed by atoms with Crippen molar-refractivity contribution in [2.45, 2.75) is 87.8 Å². The second-order valence-corrected chi connectivity index (χ2v) is 13.9. The quantitative estimate of drug-likeness (QED) is 0.552. The Kier molecular flexibility index (Phi) is 6.07. The van der Waals surface area contributed by atoms with Gasteiger partial charge in [0.2, 0.25) is 31.8 Å². The fraction of sp³-hybridized carbons (Fsp3) is 0.810. The smallest absolute Gasteiger partial charge is 0.223 e. The maximum Gasteiger partial charge on any atom is 0.223 e. The first kappa shape index (κ1) is 23.3. The van der Waals surface area contributed by atoms with Crippen LogP contribution in [0.15, 0.2) is 6.33 Å². The van der Waals surface area contributed by atoms with Crippen LogP contribution in [0.5, 0.6) is 11.8 Å². The monoisotopic (exact) mass is 500 g/mol. The molecule has 4 aliphatic rings. The van der Waals surface area contributed by atoms with Crippen LogP contribution in [-0.4, -0.2) is 84.3 Å². The van der Waals surface area contributed by atoms with Gasteiger partial charge in [0.05, 0.1) is 17.1 Å². The number of hydrogen-bond acceptors (Lipinski definition) is 8. The Balaban J connectivity index is 1.22.